The molecule has 0 aliphatic heterocycles. The van der Waals surface area contributed by atoms with Crippen molar-refractivity contribution in [2.75, 3.05) is 25.5 Å². The maximum Gasteiger partial charge on any atom is 0.416 e. The van der Waals surface area contributed by atoms with Gasteiger partial charge in [-0.25, -0.2) is 0 Å². The van der Waals surface area contributed by atoms with Crippen LogP contribution in [-0.4, -0.2) is 20.1 Å². The lowest BCUT2D eigenvalue weighted by Crippen LogP contribution is -2.26. The van der Waals surface area contributed by atoms with Gasteiger partial charge < -0.3 is 10.6 Å². The van der Waals surface area contributed by atoms with Gasteiger partial charge in [0.25, 0.3) is 0 Å². The molecule has 1 aliphatic carbocycles. The van der Waals surface area contributed by atoms with E-state index in [-0.39, 0.29) is 5.41 Å². The van der Waals surface area contributed by atoms with Crippen molar-refractivity contribution in [2.24, 2.45) is 5.41 Å². The summed E-state index contributed by atoms with van der Waals surface area (Å²) < 4.78 is 37.6. The Morgan fingerprint density at radius 1 is 1.22 bits per heavy atom. The van der Waals surface area contributed by atoms with Crippen molar-refractivity contribution in [3.63, 3.8) is 0 Å². The van der Waals surface area contributed by atoms with Gasteiger partial charge in [0, 0.05) is 24.2 Å². The summed E-state index contributed by atoms with van der Waals surface area (Å²) in [6.45, 7) is 1.62. The fourth-order valence-corrected chi connectivity index (χ4v) is 2.06. The highest BCUT2D eigenvalue weighted by Crippen LogP contribution is 2.45. The molecule has 1 fully saturated rings. The Morgan fingerprint density at radius 3 is 2.50 bits per heavy atom. The molecule has 18 heavy (non-hydrogen) atoms. The molecule has 0 amide bonds. The molecular weight excluding hydrogens is 241 g/mol. The zero-order chi connectivity index (χ0) is 13.2. The van der Waals surface area contributed by atoms with Gasteiger partial charge in [-0.05, 0) is 38.1 Å². The molecule has 0 atom stereocenters. The van der Waals surface area contributed by atoms with E-state index in [9.17, 15) is 13.2 Å². The van der Waals surface area contributed by atoms with Crippen LogP contribution >= 0.6 is 0 Å². The Morgan fingerprint density at radius 2 is 1.94 bits per heavy atom. The lowest BCUT2D eigenvalue weighted by molar-refractivity contribution is -0.137. The minimum Gasteiger partial charge on any atom is -0.384 e. The second-order valence-corrected chi connectivity index (χ2v) is 4.96. The number of alkyl halides is 3. The zero-order valence-corrected chi connectivity index (χ0v) is 10.3. The van der Waals surface area contributed by atoms with Gasteiger partial charge in [0.2, 0.25) is 0 Å². The Labute approximate surface area is 105 Å². The van der Waals surface area contributed by atoms with Crippen LogP contribution < -0.4 is 10.6 Å². The van der Waals surface area contributed by atoms with E-state index in [2.05, 4.69) is 10.6 Å². The van der Waals surface area contributed by atoms with Crippen LogP contribution in [0.5, 0.6) is 0 Å². The molecule has 0 saturated heterocycles. The van der Waals surface area contributed by atoms with Gasteiger partial charge in [0.1, 0.15) is 0 Å². The summed E-state index contributed by atoms with van der Waals surface area (Å²) in [4.78, 5) is 0. The largest absolute Gasteiger partial charge is 0.416 e. The lowest BCUT2D eigenvalue weighted by atomic mass is 10.1. The third-order valence-electron chi connectivity index (χ3n) is 3.37. The fraction of sp³-hybridized carbons (Fsp3) is 0.538. The molecule has 2 nitrogen and oxygen atoms in total. The smallest absolute Gasteiger partial charge is 0.384 e. The summed E-state index contributed by atoms with van der Waals surface area (Å²) in [6, 6.07) is 5.36. The number of anilines is 1. The van der Waals surface area contributed by atoms with Gasteiger partial charge >= 0.3 is 6.18 Å². The molecule has 100 valence electrons. The molecule has 0 radical (unpaired) electrons. The van der Waals surface area contributed by atoms with E-state index in [0.29, 0.717) is 5.69 Å². The van der Waals surface area contributed by atoms with Crippen molar-refractivity contribution < 1.29 is 13.2 Å². The van der Waals surface area contributed by atoms with Gasteiger partial charge in [0.05, 0.1) is 5.56 Å². The van der Waals surface area contributed by atoms with Crippen LogP contribution in [0.4, 0.5) is 18.9 Å². The monoisotopic (exact) mass is 258 g/mol. The third-order valence-corrected chi connectivity index (χ3v) is 3.37. The van der Waals surface area contributed by atoms with Crippen LogP contribution in [0.2, 0.25) is 0 Å². The maximum absolute atomic E-state index is 12.5. The van der Waals surface area contributed by atoms with Gasteiger partial charge in [0.15, 0.2) is 0 Å². The Kier molecular flexibility index (Phi) is 3.52. The zero-order valence-electron chi connectivity index (χ0n) is 10.3. The van der Waals surface area contributed by atoms with E-state index in [1.54, 1.807) is 6.07 Å². The predicted octanol–water partition coefficient (Wildman–Crippen LogP) is 3.12. The molecule has 1 aromatic carbocycles. The standard InChI is InChI=1S/C13H17F3N2/c1-17-8-12(5-6-12)9-18-11-4-2-3-10(7-11)13(14,15)16/h2-4,7,17-18H,5-6,8-9H2,1H3. The first-order chi connectivity index (χ1) is 8.45. The maximum atomic E-state index is 12.5. The summed E-state index contributed by atoms with van der Waals surface area (Å²) in [6.07, 6.45) is -2.03. The highest BCUT2D eigenvalue weighted by atomic mass is 19.4. The lowest BCUT2D eigenvalue weighted by Gasteiger charge is -2.17. The number of hydrogen-bond donors (Lipinski definition) is 2. The molecule has 2 rings (SSSR count). The van der Waals surface area contributed by atoms with Gasteiger partial charge in [-0.2, -0.15) is 13.2 Å². The second kappa shape index (κ2) is 4.80. The van der Waals surface area contributed by atoms with Gasteiger partial charge in [-0.1, -0.05) is 6.07 Å². The molecule has 0 unspecified atom stereocenters. The van der Waals surface area contributed by atoms with Crippen molar-refractivity contribution in [2.45, 2.75) is 19.0 Å². The van der Waals surface area contributed by atoms with Crippen molar-refractivity contribution in [3.05, 3.63) is 29.8 Å². The Bertz CT molecular complexity index is 411. The van der Waals surface area contributed by atoms with Crippen molar-refractivity contribution in [3.8, 4) is 0 Å². The predicted molar refractivity (Wildman–Crippen MR) is 65.5 cm³/mol. The average molecular weight is 258 g/mol. The third kappa shape index (κ3) is 3.16. The molecule has 0 aromatic heterocycles. The van der Waals surface area contributed by atoms with E-state index in [4.69, 9.17) is 0 Å². The molecule has 0 bridgehead atoms. The van der Waals surface area contributed by atoms with Crippen LogP contribution in [-0.2, 0) is 6.18 Å². The van der Waals surface area contributed by atoms with Crippen molar-refractivity contribution in [1.29, 1.82) is 0 Å². The number of rotatable bonds is 5. The first kappa shape index (κ1) is 13.2. The summed E-state index contributed by atoms with van der Waals surface area (Å²) in [5, 5.41) is 6.23. The number of nitrogens with one attached hydrogen (secondary N) is 2. The minimum atomic E-state index is -4.28. The van der Waals surface area contributed by atoms with Crippen LogP contribution in [0.15, 0.2) is 24.3 Å². The minimum absolute atomic E-state index is 0.225. The number of halogens is 3. The van der Waals surface area contributed by atoms with Crippen LogP contribution in [0, 0.1) is 5.41 Å². The second-order valence-electron chi connectivity index (χ2n) is 4.96. The van der Waals surface area contributed by atoms with Gasteiger partial charge in [-0.3, -0.25) is 0 Å². The van der Waals surface area contributed by atoms with E-state index in [0.717, 1.165) is 38.1 Å². The molecule has 1 aliphatic rings. The summed E-state index contributed by atoms with van der Waals surface area (Å²) in [7, 11) is 1.89. The highest BCUT2D eigenvalue weighted by molar-refractivity contribution is 5.46. The molecule has 5 heteroatoms. The van der Waals surface area contributed by atoms with Crippen LogP contribution in [0.3, 0.4) is 0 Å². The topological polar surface area (TPSA) is 24.1 Å². The summed E-state index contributed by atoms with van der Waals surface area (Å²) >= 11 is 0. The molecule has 2 N–H and O–H groups in total. The normalized spacial score (nSPS) is 17.6. The summed E-state index contributed by atoms with van der Waals surface area (Å²) in [5.74, 6) is 0. The van der Waals surface area contributed by atoms with E-state index < -0.39 is 11.7 Å². The Hall–Kier alpha value is -1.23. The molecule has 1 aromatic rings. The van der Waals surface area contributed by atoms with Crippen LogP contribution in [0.1, 0.15) is 18.4 Å². The average Bonchev–Trinajstić information content (AvgIpc) is 3.07. The number of hydrogen-bond acceptors (Lipinski definition) is 2. The summed E-state index contributed by atoms with van der Waals surface area (Å²) in [5.41, 5.74) is 0.154. The van der Waals surface area contributed by atoms with Gasteiger partial charge in [-0.15, -0.1) is 0 Å². The first-order valence-electron chi connectivity index (χ1n) is 6.01. The molecule has 0 spiro atoms. The van der Waals surface area contributed by atoms with E-state index in [1.165, 1.54) is 6.07 Å². The highest BCUT2D eigenvalue weighted by Gasteiger charge is 2.41. The number of benzene rings is 1. The first-order valence-corrected chi connectivity index (χ1v) is 6.01. The van der Waals surface area contributed by atoms with E-state index in [1.807, 2.05) is 7.05 Å². The Balaban J connectivity index is 1.98. The van der Waals surface area contributed by atoms with Crippen molar-refractivity contribution >= 4 is 5.69 Å². The fourth-order valence-electron chi connectivity index (χ4n) is 2.06. The molecular formula is C13H17F3N2. The quantitative estimate of drug-likeness (QED) is 0.848. The molecule has 1 saturated carbocycles. The molecule has 0 heterocycles. The van der Waals surface area contributed by atoms with Crippen molar-refractivity contribution in [1.82, 2.24) is 5.32 Å². The van der Waals surface area contributed by atoms with Crippen LogP contribution in [0.25, 0.3) is 0 Å². The SMILES string of the molecule is CNCC1(CNc2cccc(C(F)(F)F)c2)CC1. The van der Waals surface area contributed by atoms with E-state index >= 15 is 0 Å².